The molecule has 4 nitrogen and oxygen atoms in total. The zero-order valence-corrected chi connectivity index (χ0v) is 32.0. The molecule has 46 heavy (non-hydrogen) atoms. The van der Waals surface area contributed by atoms with E-state index in [0.717, 1.165) is 55.1 Å². The molecule has 1 aliphatic rings. The van der Waals surface area contributed by atoms with Gasteiger partial charge in [-0.1, -0.05) is 94.9 Å². The first kappa shape index (κ1) is 33.8. The number of benzene rings is 3. The van der Waals surface area contributed by atoms with Crippen LogP contribution in [0.1, 0.15) is 94.2 Å². The second kappa shape index (κ2) is 12.9. The van der Waals surface area contributed by atoms with Gasteiger partial charge in [-0.15, -0.1) is 11.1 Å². The van der Waals surface area contributed by atoms with Gasteiger partial charge in [0.2, 0.25) is 0 Å². The Morgan fingerprint density at radius 1 is 0.478 bits per heavy atom. The van der Waals surface area contributed by atoms with Crippen LogP contribution >= 0.6 is 0 Å². The second-order valence-electron chi connectivity index (χ2n) is 15.1. The summed E-state index contributed by atoms with van der Waals surface area (Å²) in [6, 6.07) is 8.97. The first-order valence-corrected chi connectivity index (χ1v) is 21.6. The van der Waals surface area contributed by atoms with E-state index >= 15 is 0 Å². The molecular formula is C40H52N4Si2. The van der Waals surface area contributed by atoms with E-state index in [2.05, 4.69) is 141 Å². The van der Waals surface area contributed by atoms with E-state index in [4.69, 9.17) is 9.97 Å². The first-order chi connectivity index (χ1) is 21.7. The molecule has 3 aromatic carbocycles. The minimum atomic E-state index is -2.01. The Morgan fingerprint density at radius 3 is 1.09 bits per heavy atom. The van der Waals surface area contributed by atoms with Crippen LogP contribution in [0.2, 0.25) is 33.2 Å². The average molecular weight is 645 g/mol. The van der Waals surface area contributed by atoms with Crippen molar-refractivity contribution in [2.45, 2.75) is 116 Å². The first-order valence-electron chi connectivity index (χ1n) is 17.2. The molecule has 4 aromatic rings. The number of nitrogens with zero attached hydrogens (tertiary/aromatic N) is 2. The van der Waals surface area contributed by atoms with Gasteiger partial charge in [0.1, 0.15) is 16.1 Å². The van der Waals surface area contributed by atoms with E-state index in [1.165, 1.54) is 0 Å². The molecule has 0 radical (unpaired) electrons. The maximum Gasteiger partial charge on any atom is 0.146 e. The Kier molecular flexibility index (Phi) is 9.47. The predicted molar refractivity (Wildman–Crippen MR) is 207 cm³/mol. The lowest BCUT2D eigenvalue weighted by molar-refractivity contribution is 0.838. The molecule has 0 saturated carbocycles. The van der Waals surface area contributed by atoms with E-state index < -0.39 is 16.1 Å². The summed E-state index contributed by atoms with van der Waals surface area (Å²) in [4.78, 5) is 9.48. The third-order valence-electron chi connectivity index (χ3n) is 10.9. The fourth-order valence-corrected chi connectivity index (χ4v) is 19.1. The van der Waals surface area contributed by atoms with Crippen LogP contribution in [-0.2, 0) is 0 Å². The Balaban J connectivity index is 2.00. The quantitative estimate of drug-likeness (QED) is 0.125. The summed E-state index contributed by atoms with van der Waals surface area (Å²) in [6.07, 6.45) is 7.46. The van der Waals surface area contributed by atoms with Crippen molar-refractivity contribution in [2.75, 3.05) is 10.6 Å². The molecule has 0 amide bonds. The minimum absolute atomic E-state index is 0.541. The lowest BCUT2D eigenvalue weighted by Gasteiger charge is -2.38. The van der Waals surface area contributed by atoms with Gasteiger partial charge >= 0.3 is 0 Å². The summed E-state index contributed by atoms with van der Waals surface area (Å²) in [7, 11) is -4.02. The number of hydrogen-bond donors (Lipinski definition) is 2. The van der Waals surface area contributed by atoms with Crippen LogP contribution in [0, 0.1) is 22.9 Å². The summed E-state index contributed by atoms with van der Waals surface area (Å²) < 4.78 is 0. The van der Waals surface area contributed by atoms with E-state index in [1.807, 2.05) is 12.4 Å². The van der Waals surface area contributed by atoms with Gasteiger partial charge in [-0.3, -0.25) is 9.97 Å². The third kappa shape index (κ3) is 5.54. The van der Waals surface area contributed by atoms with Gasteiger partial charge in [0.25, 0.3) is 0 Å². The molecule has 240 valence electrons. The molecular weight excluding hydrogens is 593 g/mol. The highest BCUT2D eigenvalue weighted by Gasteiger charge is 2.43. The fraction of sp³-hybridized carbons (Fsp3) is 0.450. The number of anilines is 2. The molecule has 2 N–H and O–H groups in total. The van der Waals surface area contributed by atoms with Gasteiger partial charge in [0.15, 0.2) is 0 Å². The molecule has 0 atom stereocenters. The summed E-state index contributed by atoms with van der Waals surface area (Å²) in [5.41, 5.74) is 17.4. The van der Waals surface area contributed by atoms with Crippen molar-refractivity contribution in [3.05, 3.63) is 60.2 Å². The number of fused-ring (bicyclic) bond motifs is 4. The molecule has 0 fully saturated rings. The van der Waals surface area contributed by atoms with E-state index in [-0.39, 0.29) is 0 Å². The smallest absolute Gasteiger partial charge is 0.146 e. The Morgan fingerprint density at radius 2 is 0.783 bits per heavy atom. The molecule has 0 bridgehead atoms. The summed E-state index contributed by atoms with van der Waals surface area (Å²) in [5.74, 6) is 7.80. The topological polar surface area (TPSA) is 49.8 Å². The molecule has 0 saturated heterocycles. The Bertz CT molecular complexity index is 1760. The highest BCUT2D eigenvalue weighted by molar-refractivity contribution is 6.91. The Hall–Kier alpha value is -3.59. The number of nitrogens with one attached hydrogen (secondary N) is 2. The van der Waals surface area contributed by atoms with Crippen molar-refractivity contribution >= 4 is 60.1 Å². The maximum absolute atomic E-state index is 4.74. The highest BCUT2D eigenvalue weighted by Crippen LogP contribution is 2.44. The maximum atomic E-state index is 4.74. The Labute approximate surface area is 279 Å². The van der Waals surface area contributed by atoms with Crippen molar-refractivity contribution in [3.63, 3.8) is 0 Å². The van der Waals surface area contributed by atoms with Crippen LogP contribution in [0.4, 0.5) is 11.4 Å². The van der Waals surface area contributed by atoms with Crippen LogP contribution in [0.15, 0.2) is 49.1 Å². The van der Waals surface area contributed by atoms with Crippen LogP contribution in [0.25, 0.3) is 32.6 Å². The largest absolute Gasteiger partial charge is 0.359 e. The lowest BCUT2D eigenvalue weighted by Crippen LogP contribution is -2.43. The molecule has 0 aliphatic carbocycles. The van der Waals surface area contributed by atoms with Crippen molar-refractivity contribution in [1.82, 2.24) is 9.97 Å². The lowest BCUT2D eigenvalue weighted by atomic mass is 9.91. The number of hydrogen-bond acceptors (Lipinski definition) is 4. The van der Waals surface area contributed by atoms with Gasteiger partial charge < -0.3 is 10.6 Å². The molecule has 1 aliphatic heterocycles. The van der Waals surface area contributed by atoms with Crippen molar-refractivity contribution in [2.24, 2.45) is 0 Å². The van der Waals surface area contributed by atoms with Gasteiger partial charge in [-0.05, 0) is 57.5 Å². The second-order valence-corrected chi connectivity index (χ2v) is 26.2. The molecule has 0 unspecified atom stereocenters. The van der Waals surface area contributed by atoms with Crippen LogP contribution in [0.3, 0.4) is 0 Å². The standard InChI is InChI=1S/C40H52N4Si2/c1-25(2)45(26(3)4,27(5)6)19-13-31-33-21-37-39(43-17-15-41-37)23-35(33)32(14-20-46(28(7)8,29(9)10)30(11)12)36-24-40-38(22-34(31)36)42-16-18-44-40/h15-18,21-30,41,43H,1-12H3. The van der Waals surface area contributed by atoms with E-state index in [9.17, 15) is 0 Å². The summed E-state index contributed by atoms with van der Waals surface area (Å²) in [5, 5.41) is 11.5. The zero-order valence-electron chi connectivity index (χ0n) is 30.0. The van der Waals surface area contributed by atoms with Crippen LogP contribution < -0.4 is 10.6 Å². The van der Waals surface area contributed by atoms with Crippen LogP contribution in [-0.4, -0.2) is 26.1 Å². The molecule has 0 spiro atoms. The zero-order chi connectivity index (χ0) is 33.6. The predicted octanol–water partition coefficient (Wildman–Crippen LogP) is 11.4. The highest BCUT2D eigenvalue weighted by atomic mass is 28.3. The van der Waals surface area contributed by atoms with Gasteiger partial charge in [0.05, 0.1) is 22.4 Å². The fourth-order valence-electron chi connectivity index (χ4n) is 8.71. The number of aromatic nitrogens is 2. The van der Waals surface area contributed by atoms with E-state index in [0.29, 0.717) is 33.2 Å². The van der Waals surface area contributed by atoms with E-state index in [1.54, 1.807) is 12.4 Å². The number of rotatable bonds is 6. The average Bonchev–Trinajstić information content (AvgIpc) is 2.99. The van der Waals surface area contributed by atoms with Crippen LogP contribution in [0.5, 0.6) is 0 Å². The van der Waals surface area contributed by atoms with Crippen molar-refractivity contribution < 1.29 is 0 Å². The molecule has 1 aromatic heterocycles. The minimum Gasteiger partial charge on any atom is -0.359 e. The normalized spacial score (nSPS) is 13.4. The summed E-state index contributed by atoms with van der Waals surface area (Å²) >= 11 is 0. The SMILES string of the molecule is CC(C)[Si](C#Cc1c2cc3c(cc2c(C#C[Si](C(C)C)(C(C)C)C(C)C)c2cc4nccnc4cc12)NC=CN3)(C(C)C)C(C)C. The van der Waals surface area contributed by atoms with Gasteiger partial charge in [-0.2, -0.15) is 0 Å². The van der Waals surface area contributed by atoms with Gasteiger partial charge in [0, 0.05) is 57.5 Å². The third-order valence-corrected chi connectivity index (χ3v) is 23.5. The molecule has 5 rings (SSSR count). The molecule has 6 heteroatoms. The van der Waals surface area contributed by atoms with Gasteiger partial charge in [-0.25, -0.2) is 0 Å². The van der Waals surface area contributed by atoms with Crippen molar-refractivity contribution in [1.29, 1.82) is 0 Å². The summed E-state index contributed by atoms with van der Waals surface area (Å²) in [6.45, 7) is 28.6. The molecule has 2 heterocycles. The van der Waals surface area contributed by atoms with Crippen molar-refractivity contribution in [3.8, 4) is 22.9 Å². The monoisotopic (exact) mass is 644 g/mol.